The number of carbonyl (C=O) groups is 1. The lowest BCUT2D eigenvalue weighted by atomic mass is 10.4. The van der Waals surface area contributed by atoms with Gasteiger partial charge >= 0.3 is 6.16 Å². The Balaban J connectivity index is 2.29. The van der Waals surface area contributed by atoms with E-state index in [1.54, 1.807) is 0 Å². The summed E-state index contributed by atoms with van der Waals surface area (Å²) >= 11 is 0. The summed E-state index contributed by atoms with van der Waals surface area (Å²) in [5.74, 6) is -0.297. The van der Waals surface area contributed by atoms with Crippen LogP contribution in [0.25, 0.3) is 0 Å². The fraction of sp³-hybridized carbons (Fsp3) is 0.857. The van der Waals surface area contributed by atoms with Crippen molar-refractivity contribution in [2.24, 2.45) is 0 Å². The van der Waals surface area contributed by atoms with E-state index in [0.29, 0.717) is 6.42 Å². The first kappa shape index (κ1) is 11.3. The maximum Gasteiger partial charge on any atom is 0.508 e. The van der Waals surface area contributed by atoms with Crippen LogP contribution >= 0.6 is 0 Å². The zero-order valence-electron chi connectivity index (χ0n) is 7.76. The predicted octanol–water partition coefficient (Wildman–Crippen LogP) is 0.278. The van der Waals surface area contributed by atoms with Gasteiger partial charge in [-0.15, -0.1) is 0 Å². The van der Waals surface area contributed by atoms with Gasteiger partial charge in [-0.2, -0.15) is 8.42 Å². The highest BCUT2D eigenvalue weighted by atomic mass is 32.2. The standard InChI is InChI=1S/C7H12O6S/c1-2-3-11-7(8)13-6-4-12-14(9,10)5-6/h6H,2-5H2,1H3. The van der Waals surface area contributed by atoms with Crippen LogP contribution in [-0.4, -0.2) is 39.6 Å². The number of hydrogen-bond donors (Lipinski definition) is 0. The van der Waals surface area contributed by atoms with Crippen molar-refractivity contribution >= 4 is 16.3 Å². The summed E-state index contributed by atoms with van der Waals surface area (Å²) in [6.45, 7) is 1.99. The maximum atomic E-state index is 10.9. The van der Waals surface area contributed by atoms with Crippen molar-refractivity contribution in [3.8, 4) is 0 Å². The van der Waals surface area contributed by atoms with Gasteiger partial charge in [0.25, 0.3) is 10.1 Å². The maximum absolute atomic E-state index is 10.9. The molecule has 0 aromatic heterocycles. The molecule has 1 atom stereocenters. The van der Waals surface area contributed by atoms with Crippen molar-refractivity contribution in [1.82, 2.24) is 0 Å². The van der Waals surface area contributed by atoms with Crippen LogP contribution in [0.1, 0.15) is 13.3 Å². The average molecular weight is 224 g/mol. The van der Waals surface area contributed by atoms with Crippen molar-refractivity contribution in [3.63, 3.8) is 0 Å². The molecule has 1 aliphatic rings. The molecule has 0 aromatic rings. The summed E-state index contributed by atoms with van der Waals surface area (Å²) in [4.78, 5) is 10.9. The Morgan fingerprint density at radius 1 is 1.57 bits per heavy atom. The van der Waals surface area contributed by atoms with Crippen LogP contribution in [0.15, 0.2) is 0 Å². The van der Waals surface area contributed by atoms with Crippen LogP contribution in [0, 0.1) is 0 Å². The van der Waals surface area contributed by atoms with E-state index in [0.717, 1.165) is 0 Å². The predicted molar refractivity (Wildman–Crippen MR) is 46.3 cm³/mol. The molecule has 1 unspecified atom stereocenters. The van der Waals surface area contributed by atoms with Crippen molar-refractivity contribution < 1.29 is 26.9 Å². The van der Waals surface area contributed by atoms with Crippen molar-refractivity contribution in [2.45, 2.75) is 19.4 Å². The molecular formula is C7H12O6S. The summed E-state index contributed by atoms with van der Waals surface area (Å²) in [7, 11) is -3.49. The Labute approximate surface area is 82.3 Å². The molecule has 1 heterocycles. The van der Waals surface area contributed by atoms with Crippen LogP contribution < -0.4 is 0 Å². The SMILES string of the molecule is CCCOC(=O)OC1COS(=O)(=O)C1. The minimum absolute atomic E-state index is 0.121. The normalized spacial score (nSPS) is 24.5. The van der Waals surface area contributed by atoms with Gasteiger partial charge in [0.15, 0.2) is 0 Å². The second kappa shape index (κ2) is 4.61. The topological polar surface area (TPSA) is 78.9 Å². The minimum Gasteiger partial charge on any atom is -0.434 e. The van der Waals surface area contributed by atoms with Gasteiger partial charge < -0.3 is 9.47 Å². The number of hydrogen-bond acceptors (Lipinski definition) is 6. The lowest BCUT2D eigenvalue weighted by molar-refractivity contribution is 0.0239. The molecule has 0 saturated carbocycles. The molecule has 0 bridgehead atoms. The van der Waals surface area contributed by atoms with Crippen LogP contribution in [0.5, 0.6) is 0 Å². The molecule has 14 heavy (non-hydrogen) atoms. The second-order valence-corrected chi connectivity index (χ2v) is 4.53. The molecule has 1 saturated heterocycles. The summed E-state index contributed by atoms with van der Waals surface area (Å²) < 4.78 is 35.3. The third-order valence-corrected chi connectivity index (χ3v) is 2.79. The van der Waals surface area contributed by atoms with Gasteiger partial charge in [-0.1, -0.05) is 6.92 Å². The van der Waals surface area contributed by atoms with Crippen molar-refractivity contribution in [2.75, 3.05) is 19.0 Å². The molecule has 0 amide bonds. The van der Waals surface area contributed by atoms with Crippen LogP contribution in [0.3, 0.4) is 0 Å². The zero-order valence-corrected chi connectivity index (χ0v) is 8.58. The number of carbonyl (C=O) groups excluding carboxylic acids is 1. The lowest BCUT2D eigenvalue weighted by Gasteiger charge is -2.08. The minimum atomic E-state index is -3.49. The van der Waals surface area contributed by atoms with E-state index in [2.05, 4.69) is 13.7 Å². The van der Waals surface area contributed by atoms with Crippen LogP contribution in [0.2, 0.25) is 0 Å². The fourth-order valence-electron chi connectivity index (χ4n) is 0.927. The Morgan fingerprint density at radius 3 is 2.79 bits per heavy atom. The highest BCUT2D eigenvalue weighted by Gasteiger charge is 2.32. The third kappa shape index (κ3) is 3.51. The van der Waals surface area contributed by atoms with Gasteiger partial charge in [0.05, 0.1) is 6.61 Å². The van der Waals surface area contributed by atoms with E-state index >= 15 is 0 Å². The van der Waals surface area contributed by atoms with Gasteiger partial charge in [0.2, 0.25) is 0 Å². The zero-order chi connectivity index (χ0) is 10.6. The average Bonchev–Trinajstić information content (AvgIpc) is 2.42. The molecule has 0 radical (unpaired) electrons. The molecule has 6 nitrogen and oxygen atoms in total. The van der Waals surface area contributed by atoms with E-state index in [1.807, 2.05) is 6.92 Å². The molecule has 0 aliphatic carbocycles. The highest BCUT2D eigenvalue weighted by molar-refractivity contribution is 7.87. The van der Waals surface area contributed by atoms with Gasteiger partial charge in [0, 0.05) is 0 Å². The highest BCUT2D eigenvalue weighted by Crippen LogP contribution is 2.11. The molecule has 1 fully saturated rings. The van der Waals surface area contributed by atoms with E-state index in [4.69, 9.17) is 0 Å². The molecule has 0 spiro atoms. The van der Waals surface area contributed by atoms with Crippen molar-refractivity contribution in [3.05, 3.63) is 0 Å². The largest absolute Gasteiger partial charge is 0.508 e. The Hall–Kier alpha value is -0.820. The van der Waals surface area contributed by atoms with Crippen LogP contribution in [0.4, 0.5) is 4.79 Å². The number of rotatable bonds is 3. The first-order chi connectivity index (χ1) is 6.53. The quantitative estimate of drug-likeness (QED) is 0.506. The third-order valence-electron chi connectivity index (χ3n) is 1.51. The van der Waals surface area contributed by atoms with Crippen molar-refractivity contribution in [1.29, 1.82) is 0 Å². The summed E-state index contributed by atoms with van der Waals surface area (Å²) in [6.07, 6.45) is -0.906. The molecule has 82 valence electrons. The monoisotopic (exact) mass is 224 g/mol. The first-order valence-electron chi connectivity index (χ1n) is 4.24. The van der Waals surface area contributed by atoms with Gasteiger partial charge in [0.1, 0.15) is 18.5 Å². The Bertz CT molecular complexity index is 295. The second-order valence-electron chi connectivity index (χ2n) is 2.85. The van der Waals surface area contributed by atoms with E-state index in [-0.39, 0.29) is 19.0 Å². The van der Waals surface area contributed by atoms with Crippen LogP contribution in [-0.2, 0) is 23.8 Å². The van der Waals surface area contributed by atoms with E-state index in [1.165, 1.54) is 0 Å². The summed E-state index contributed by atoms with van der Waals surface area (Å²) in [5.41, 5.74) is 0. The Morgan fingerprint density at radius 2 is 2.29 bits per heavy atom. The molecule has 1 rings (SSSR count). The summed E-state index contributed by atoms with van der Waals surface area (Å²) in [5, 5.41) is 0. The fourth-order valence-corrected chi connectivity index (χ4v) is 2.00. The van der Waals surface area contributed by atoms with Gasteiger partial charge in [-0.25, -0.2) is 4.79 Å². The Kier molecular flexibility index (Phi) is 3.70. The van der Waals surface area contributed by atoms with E-state index in [9.17, 15) is 13.2 Å². The molecule has 7 heteroatoms. The molecular weight excluding hydrogens is 212 g/mol. The van der Waals surface area contributed by atoms with E-state index < -0.39 is 22.4 Å². The number of ether oxygens (including phenoxy) is 2. The van der Waals surface area contributed by atoms with Gasteiger partial charge in [-0.3, -0.25) is 4.18 Å². The summed E-state index contributed by atoms with van der Waals surface area (Å²) in [6, 6.07) is 0. The lowest BCUT2D eigenvalue weighted by Crippen LogP contribution is -2.22. The molecule has 1 aliphatic heterocycles. The molecule has 0 aromatic carbocycles. The molecule has 0 N–H and O–H groups in total. The first-order valence-corrected chi connectivity index (χ1v) is 5.82. The van der Waals surface area contributed by atoms with Gasteiger partial charge in [-0.05, 0) is 6.42 Å². The smallest absolute Gasteiger partial charge is 0.434 e.